The van der Waals surface area contributed by atoms with E-state index in [0.29, 0.717) is 54.0 Å². The molecule has 1 aromatic carbocycles. The number of halogens is 1. The van der Waals surface area contributed by atoms with Gasteiger partial charge in [0.1, 0.15) is 24.0 Å². The van der Waals surface area contributed by atoms with Gasteiger partial charge in [-0.2, -0.15) is 9.61 Å². The van der Waals surface area contributed by atoms with Gasteiger partial charge in [-0.1, -0.05) is 11.6 Å². The molecule has 5 rings (SSSR count). The van der Waals surface area contributed by atoms with Crippen molar-refractivity contribution in [1.29, 1.82) is 0 Å². The van der Waals surface area contributed by atoms with E-state index >= 15 is 0 Å². The largest absolute Gasteiger partial charge is 0.491 e. The molecule has 2 aromatic heterocycles. The Bertz CT molecular complexity index is 1270. The van der Waals surface area contributed by atoms with Gasteiger partial charge in [-0.3, -0.25) is 4.79 Å². The predicted molar refractivity (Wildman–Crippen MR) is 144 cm³/mol. The Morgan fingerprint density at radius 1 is 1.14 bits per heavy atom. The monoisotopic (exact) mass is 527 g/mol. The molecule has 11 heteroatoms. The second-order valence-electron chi connectivity index (χ2n) is 9.71. The van der Waals surface area contributed by atoms with E-state index in [1.165, 1.54) is 0 Å². The molecule has 2 aliphatic heterocycles. The molecule has 1 unspecified atom stereocenters. The second kappa shape index (κ2) is 11.1. The van der Waals surface area contributed by atoms with Gasteiger partial charge in [-0.05, 0) is 44.5 Å². The number of rotatable bonds is 3. The minimum absolute atomic E-state index is 0.0139. The number of nitrogens with one attached hydrogen (secondary N) is 1. The molecule has 2 aliphatic rings. The van der Waals surface area contributed by atoms with Gasteiger partial charge in [0, 0.05) is 56.9 Å². The molecule has 2 bridgehead atoms. The summed E-state index contributed by atoms with van der Waals surface area (Å²) in [5.41, 5.74) is 1.98. The Labute approximate surface area is 221 Å². The SMILES string of the molecule is CN1CCOc2ccc(Cl)cc2C(=O)N2CCCCC2c2cc3nc(NCCO)cc(n3n2)N(C)CC1. The Balaban J connectivity index is 1.61. The highest BCUT2D eigenvalue weighted by Crippen LogP contribution is 2.35. The van der Waals surface area contributed by atoms with Crippen molar-refractivity contribution in [3.8, 4) is 5.75 Å². The number of amides is 1. The number of piperidine rings is 1. The average Bonchev–Trinajstić information content (AvgIpc) is 3.34. The number of carbonyl (C=O) groups excluding carboxylic acids is 1. The summed E-state index contributed by atoms with van der Waals surface area (Å²) >= 11 is 6.32. The Kier molecular flexibility index (Phi) is 7.68. The third kappa shape index (κ3) is 5.46. The van der Waals surface area contributed by atoms with Crippen molar-refractivity contribution >= 4 is 34.8 Å². The van der Waals surface area contributed by atoms with Crippen molar-refractivity contribution in [3.05, 3.63) is 46.6 Å². The van der Waals surface area contributed by atoms with Crippen LogP contribution < -0.4 is 15.0 Å². The molecule has 37 heavy (non-hydrogen) atoms. The molecule has 1 saturated heterocycles. The number of benzene rings is 1. The van der Waals surface area contributed by atoms with E-state index in [4.69, 9.17) is 26.4 Å². The van der Waals surface area contributed by atoms with Crippen molar-refractivity contribution < 1.29 is 14.6 Å². The van der Waals surface area contributed by atoms with Gasteiger partial charge in [0.15, 0.2) is 5.65 Å². The second-order valence-corrected chi connectivity index (χ2v) is 10.1. The molecule has 0 aliphatic carbocycles. The Hall–Kier alpha value is -3.08. The van der Waals surface area contributed by atoms with Crippen LogP contribution in [-0.4, -0.2) is 95.4 Å². The first-order chi connectivity index (χ1) is 17.9. The molecule has 0 radical (unpaired) electrons. The van der Waals surface area contributed by atoms with Crippen LogP contribution in [0.2, 0.25) is 5.02 Å². The number of aromatic nitrogens is 3. The van der Waals surface area contributed by atoms with Gasteiger partial charge in [-0.25, -0.2) is 4.98 Å². The minimum atomic E-state index is -0.180. The molecule has 2 N–H and O–H groups in total. The number of anilines is 2. The van der Waals surface area contributed by atoms with E-state index in [-0.39, 0.29) is 18.6 Å². The highest BCUT2D eigenvalue weighted by Gasteiger charge is 2.32. The molecule has 10 nitrogen and oxygen atoms in total. The molecule has 0 spiro atoms. The molecular weight excluding hydrogens is 494 g/mol. The summed E-state index contributed by atoms with van der Waals surface area (Å²) in [5, 5.41) is 18.0. The zero-order valence-corrected chi connectivity index (χ0v) is 22.1. The molecule has 0 saturated carbocycles. The van der Waals surface area contributed by atoms with Crippen molar-refractivity contribution in [2.24, 2.45) is 0 Å². The van der Waals surface area contributed by atoms with Crippen molar-refractivity contribution in [3.63, 3.8) is 0 Å². The van der Waals surface area contributed by atoms with E-state index in [0.717, 1.165) is 43.9 Å². The number of nitrogens with zero attached hydrogens (tertiary/aromatic N) is 6. The molecule has 198 valence electrons. The summed E-state index contributed by atoms with van der Waals surface area (Å²) in [6, 6.07) is 8.99. The maximum absolute atomic E-state index is 13.9. The minimum Gasteiger partial charge on any atom is -0.491 e. The number of hydrogen-bond acceptors (Lipinski definition) is 8. The Morgan fingerprint density at radius 2 is 2.00 bits per heavy atom. The first-order valence-corrected chi connectivity index (χ1v) is 13.2. The lowest BCUT2D eigenvalue weighted by molar-refractivity contribution is 0.0601. The Morgan fingerprint density at radius 3 is 2.84 bits per heavy atom. The number of fused-ring (bicyclic) bond motifs is 4. The van der Waals surface area contributed by atoms with Crippen LogP contribution >= 0.6 is 11.6 Å². The quantitative estimate of drug-likeness (QED) is 0.536. The highest BCUT2D eigenvalue weighted by molar-refractivity contribution is 6.31. The fraction of sp³-hybridized carbons (Fsp3) is 0.500. The van der Waals surface area contributed by atoms with Gasteiger partial charge in [0.05, 0.1) is 23.9 Å². The number of carbonyl (C=O) groups is 1. The van der Waals surface area contributed by atoms with E-state index < -0.39 is 0 Å². The van der Waals surface area contributed by atoms with Gasteiger partial charge in [-0.15, -0.1) is 0 Å². The van der Waals surface area contributed by atoms with E-state index in [1.807, 2.05) is 28.6 Å². The number of aliphatic hydroxyl groups excluding tert-OH is 1. The van der Waals surface area contributed by atoms with Crippen LogP contribution in [0.15, 0.2) is 30.3 Å². The van der Waals surface area contributed by atoms with Gasteiger partial charge < -0.3 is 29.9 Å². The van der Waals surface area contributed by atoms with Crippen LogP contribution in [0.1, 0.15) is 41.4 Å². The molecule has 4 heterocycles. The van der Waals surface area contributed by atoms with Crippen LogP contribution in [0.4, 0.5) is 11.6 Å². The smallest absolute Gasteiger partial charge is 0.258 e. The summed E-state index contributed by atoms with van der Waals surface area (Å²) in [7, 11) is 4.09. The summed E-state index contributed by atoms with van der Waals surface area (Å²) in [6.45, 7) is 3.79. The molecule has 3 aromatic rings. The number of aliphatic hydroxyl groups is 1. The molecule has 1 fully saturated rings. The van der Waals surface area contributed by atoms with E-state index in [9.17, 15) is 9.90 Å². The zero-order chi connectivity index (χ0) is 25.9. The normalized spacial score (nSPS) is 19.6. The summed E-state index contributed by atoms with van der Waals surface area (Å²) in [6.07, 6.45) is 2.76. The van der Waals surface area contributed by atoms with Crippen molar-refractivity contribution in [2.75, 3.05) is 70.2 Å². The standard InChI is InChI=1S/C26H34ClN7O3/c1-31-10-11-32(2)25-17-23(28-8-13-35)29-24-16-20(30-34(24)25)21-5-3-4-9-33(21)26(36)19-15-18(27)6-7-22(19)37-14-12-31/h6-7,15-17,21,35H,3-5,8-14H2,1-2H3,(H,28,29). The zero-order valence-electron chi connectivity index (χ0n) is 21.4. The maximum Gasteiger partial charge on any atom is 0.258 e. The van der Waals surface area contributed by atoms with Crippen LogP contribution in [-0.2, 0) is 0 Å². The van der Waals surface area contributed by atoms with E-state index in [1.54, 1.807) is 18.2 Å². The maximum atomic E-state index is 13.9. The van der Waals surface area contributed by atoms with Crippen LogP contribution in [0.5, 0.6) is 5.75 Å². The topological polar surface area (TPSA) is 98.5 Å². The van der Waals surface area contributed by atoms with Gasteiger partial charge in [0.25, 0.3) is 5.91 Å². The lowest BCUT2D eigenvalue weighted by Gasteiger charge is -2.35. The molecular formula is C26H34ClN7O3. The fourth-order valence-corrected chi connectivity index (χ4v) is 5.15. The first-order valence-electron chi connectivity index (χ1n) is 12.8. The number of ether oxygens (including phenoxy) is 1. The number of hydrogen-bond donors (Lipinski definition) is 2. The van der Waals surface area contributed by atoms with Gasteiger partial charge in [0.2, 0.25) is 0 Å². The average molecular weight is 528 g/mol. The number of likely N-dealkylation sites (N-methyl/N-ethyl adjacent to an activating group) is 2. The van der Waals surface area contributed by atoms with Crippen LogP contribution in [0, 0.1) is 0 Å². The fourth-order valence-electron chi connectivity index (χ4n) is 4.98. The first kappa shape index (κ1) is 25.6. The van der Waals surface area contributed by atoms with Crippen LogP contribution in [0.25, 0.3) is 5.65 Å². The molecule has 1 amide bonds. The summed E-state index contributed by atoms with van der Waals surface area (Å²) in [5.74, 6) is 2.01. The lowest BCUT2D eigenvalue weighted by atomic mass is 9.98. The summed E-state index contributed by atoms with van der Waals surface area (Å²) < 4.78 is 7.96. The summed E-state index contributed by atoms with van der Waals surface area (Å²) in [4.78, 5) is 24.9. The lowest BCUT2D eigenvalue weighted by Crippen LogP contribution is -2.39. The third-order valence-electron chi connectivity index (χ3n) is 7.06. The van der Waals surface area contributed by atoms with Gasteiger partial charge >= 0.3 is 0 Å². The van der Waals surface area contributed by atoms with Crippen LogP contribution in [0.3, 0.4) is 0 Å². The van der Waals surface area contributed by atoms with Crippen molar-refractivity contribution in [2.45, 2.75) is 25.3 Å². The van der Waals surface area contributed by atoms with Crippen molar-refractivity contribution in [1.82, 2.24) is 24.4 Å². The highest BCUT2D eigenvalue weighted by atomic mass is 35.5. The predicted octanol–water partition coefficient (Wildman–Crippen LogP) is 2.91. The third-order valence-corrected chi connectivity index (χ3v) is 7.30. The van der Waals surface area contributed by atoms with E-state index in [2.05, 4.69) is 22.2 Å². The molecule has 1 atom stereocenters.